The number of aliphatic hydroxyl groups is 1. The third-order valence-electron chi connectivity index (χ3n) is 3.29. The van der Waals surface area contributed by atoms with Gasteiger partial charge in [0.25, 0.3) is 0 Å². The molecule has 1 fully saturated rings. The molecule has 1 aliphatic heterocycles. The van der Waals surface area contributed by atoms with Crippen LogP contribution in [0.25, 0.3) is 0 Å². The molecule has 0 spiro atoms. The molecule has 1 aliphatic rings. The molecule has 5 heteroatoms. The van der Waals surface area contributed by atoms with Gasteiger partial charge in [0.05, 0.1) is 31.6 Å². The number of hydrogen-bond donors (Lipinski definition) is 2. The lowest BCUT2D eigenvalue weighted by atomic mass is 9.90. The minimum absolute atomic E-state index is 0.166. The number of nitrogens with one attached hydrogen (secondary N) is 1. The Morgan fingerprint density at radius 1 is 1.58 bits per heavy atom. The summed E-state index contributed by atoms with van der Waals surface area (Å²) in [6, 6.07) is 2.01. The number of morpholine rings is 1. The Hall–Kier alpha value is -1.17. The first kappa shape index (κ1) is 14.2. The van der Waals surface area contributed by atoms with Crippen molar-refractivity contribution in [3.8, 4) is 5.75 Å². The quantitative estimate of drug-likeness (QED) is 0.834. The van der Waals surface area contributed by atoms with E-state index in [1.165, 1.54) is 0 Å². The Labute approximate surface area is 114 Å². The third-order valence-corrected chi connectivity index (χ3v) is 3.29. The number of ether oxygens (including phenoxy) is 2. The predicted molar refractivity (Wildman–Crippen MR) is 72.2 cm³/mol. The molecule has 1 saturated heterocycles. The van der Waals surface area contributed by atoms with Gasteiger partial charge in [-0.25, -0.2) is 0 Å². The minimum atomic E-state index is -0.946. The van der Waals surface area contributed by atoms with E-state index >= 15 is 0 Å². The van der Waals surface area contributed by atoms with Crippen molar-refractivity contribution < 1.29 is 14.6 Å². The lowest BCUT2D eigenvalue weighted by Gasteiger charge is -2.31. The van der Waals surface area contributed by atoms with Crippen molar-refractivity contribution in [1.29, 1.82) is 0 Å². The minimum Gasteiger partial charge on any atom is -0.492 e. The van der Waals surface area contributed by atoms with Gasteiger partial charge >= 0.3 is 0 Å². The largest absolute Gasteiger partial charge is 0.492 e. The summed E-state index contributed by atoms with van der Waals surface area (Å²) in [6.07, 6.45) is 3.93. The van der Waals surface area contributed by atoms with Crippen LogP contribution in [0.5, 0.6) is 5.75 Å². The fourth-order valence-corrected chi connectivity index (χ4v) is 2.31. The summed E-state index contributed by atoms with van der Waals surface area (Å²) < 4.78 is 10.8. The van der Waals surface area contributed by atoms with Crippen molar-refractivity contribution in [2.45, 2.75) is 31.9 Å². The van der Waals surface area contributed by atoms with E-state index in [1.807, 2.05) is 13.0 Å². The summed E-state index contributed by atoms with van der Waals surface area (Å²) in [5.41, 5.74) is -0.177. The van der Waals surface area contributed by atoms with Crippen LogP contribution in [0.3, 0.4) is 0 Å². The highest BCUT2D eigenvalue weighted by atomic mass is 16.5. The van der Waals surface area contributed by atoms with Crippen molar-refractivity contribution in [3.63, 3.8) is 0 Å². The summed E-state index contributed by atoms with van der Waals surface area (Å²) in [4.78, 5) is 4.13. The maximum Gasteiger partial charge on any atom is 0.137 e. The number of pyridine rings is 1. The average molecular weight is 266 g/mol. The molecule has 2 atom stereocenters. The molecule has 2 rings (SSSR count). The summed E-state index contributed by atoms with van der Waals surface area (Å²) in [5.74, 6) is 0.688. The second-order valence-corrected chi connectivity index (χ2v) is 5.05. The number of aromatic nitrogens is 1. The Morgan fingerprint density at radius 2 is 2.42 bits per heavy atom. The van der Waals surface area contributed by atoms with Crippen LogP contribution in [0.15, 0.2) is 18.5 Å². The molecule has 0 saturated carbocycles. The molecule has 19 heavy (non-hydrogen) atoms. The highest BCUT2D eigenvalue weighted by Crippen LogP contribution is 2.28. The fourth-order valence-electron chi connectivity index (χ4n) is 2.31. The van der Waals surface area contributed by atoms with Gasteiger partial charge in [0, 0.05) is 24.3 Å². The Bertz CT molecular complexity index is 403. The van der Waals surface area contributed by atoms with E-state index in [-0.39, 0.29) is 6.04 Å². The van der Waals surface area contributed by atoms with Gasteiger partial charge in [0.2, 0.25) is 0 Å². The van der Waals surface area contributed by atoms with Gasteiger partial charge in [0.1, 0.15) is 5.75 Å². The molecule has 2 heterocycles. The number of nitrogens with zero attached hydrogens (tertiary/aromatic N) is 1. The maximum atomic E-state index is 10.6. The van der Waals surface area contributed by atoms with Crippen LogP contribution in [0.1, 0.15) is 25.8 Å². The molecule has 1 aromatic heterocycles. The molecular weight excluding hydrogens is 244 g/mol. The number of rotatable bonds is 5. The highest BCUT2D eigenvalue weighted by molar-refractivity contribution is 5.27. The van der Waals surface area contributed by atoms with E-state index in [0.29, 0.717) is 25.4 Å². The summed E-state index contributed by atoms with van der Waals surface area (Å²) in [6.45, 7) is 6.52. The van der Waals surface area contributed by atoms with Crippen LogP contribution in [0.4, 0.5) is 0 Å². The van der Waals surface area contributed by atoms with Crippen LogP contribution >= 0.6 is 0 Å². The van der Waals surface area contributed by atoms with Crippen molar-refractivity contribution in [1.82, 2.24) is 10.3 Å². The third kappa shape index (κ3) is 3.89. The molecule has 0 amide bonds. The first-order valence-corrected chi connectivity index (χ1v) is 6.73. The van der Waals surface area contributed by atoms with E-state index in [2.05, 4.69) is 10.3 Å². The Morgan fingerprint density at radius 3 is 3.11 bits per heavy atom. The number of hydrogen-bond acceptors (Lipinski definition) is 5. The van der Waals surface area contributed by atoms with E-state index in [1.54, 1.807) is 19.3 Å². The zero-order chi connectivity index (χ0) is 13.7. The van der Waals surface area contributed by atoms with Crippen molar-refractivity contribution in [2.24, 2.45) is 0 Å². The molecule has 2 unspecified atom stereocenters. The standard InChI is InChI=1S/C14H22N2O3/c1-3-19-13-6-11(8-15-9-13)14(2,17)7-12-10-18-5-4-16-12/h6,8-9,12,16-17H,3-5,7,10H2,1-2H3. The van der Waals surface area contributed by atoms with E-state index in [9.17, 15) is 5.11 Å². The smallest absolute Gasteiger partial charge is 0.137 e. The molecule has 1 aromatic rings. The van der Waals surface area contributed by atoms with Gasteiger partial charge < -0.3 is 19.9 Å². The van der Waals surface area contributed by atoms with Crippen molar-refractivity contribution in [3.05, 3.63) is 24.0 Å². The van der Waals surface area contributed by atoms with E-state index < -0.39 is 5.60 Å². The van der Waals surface area contributed by atoms with Crippen LogP contribution in [-0.4, -0.2) is 42.5 Å². The molecular formula is C14H22N2O3. The SMILES string of the molecule is CCOc1cncc(C(C)(O)CC2COCCN2)c1. The average Bonchev–Trinajstić information content (AvgIpc) is 2.40. The maximum absolute atomic E-state index is 10.6. The van der Waals surface area contributed by atoms with Gasteiger partial charge in [0.15, 0.2) is 0 Å². The molecule has 0 bridgehead atoms. The topological polar surface area (TPSA) is 63.6 Å². The summed E-state index contributed by atoms with van der Waals surface area (Å²) >= 11 is 0. The van der Waals surface area contributed by atoms with Gasteiger partial charge in [-0.05, 0) is 26.3 Å². The lowest BCUT2D eigenvalue weighted by molar-refractivity contribution is 0.00287. The summed E-state index contributed by atoms with van der Waals surface area (Å²) in [5, 5.41) is 14.0. The Kier molecular flexibility index (Phi) is 4.74. The monoisotopic (exact) mass is 266 g/mol. The van der Waals surface area contributed by atoms with E-state index in [4.69, 9.17) is 9.47 Å². The first-order chi connectivity index (χ1) is 9.12. The van der Waals surface area contributed by atoms with Crippen molar-refractivity contribution in [2.75, 3.05) is 26.4 Å². The first-order valence-electron chi connectivity index (χ1n) is 6.73. The second kappa shape index (κ2) is 6.32. The molecule has 0 aromatic carbocycles. The molecule has 2 N–H and O–H groups in total. The zero-order valence-corrected chi connectivity index (χ0v) is 11.6. The van der Waals surface area contributed by atoms with Gasteiger partial charge in [-0.1, -0.05) is 0 Å². The predicted octanol–water partition coefficient (Wildman–Crippen LogP) is 1.07. The second-order valence-electron chi connectivity index (χ2n) is 5.05. The van der Waals surface area contributed by atoms with Crippen LogP contribution in [0, 0.1) is 0 Å². The molecule has 106 valence electrons. The zero-order valence-electron chi connectivity index (χ0n) is 11.6. The van der Waals surface area contributed by atoms with Gasteiger partial charge in [-0.15, -0.1) is 0 Å². The molecule has 0 aliphatic carbocycles. The van der Waals surface area contributed by atoms with Crippen LogP contribution in [0.2, 0.25) is 0 Å². The Balaban J connectivity index is 2.06. The summed E-state index contributed by atoms with van der Waals surface area (Å²) in [7, 11) is 0. The fraction of sp³-hybridized carbons (Fsp3) is 0.643. The highest BCUT2D eigenvalue weighted by Gasteiger charge is 2.29. The molecule has 0 radical (unpaired) electrons. The normalized spacial score (nSPS) is 22.8. The lowest BCUT2D eigenvalue weighted by Crippen LogP contribution is -2.45. The van der Waals surface area contributed by atoms with Gasteiger partial charge in [-0.2, -0.15) is 0 Å². The van der Waals surface area contributed by atoms with Crippen LogP contribution in [-0.2, 0) is 10.3 Å². The van der Waals surface area contributed by atoms with E-state index in [0.717, 1.165) is 18.7 Å². The van der Waals surface area contributed by atoms with Gasteiger partial charge in [-0.3, -0.25) is 4.98 Å². The van der Waals surface area contributed by atoms with Crippen LogP contribution < -0.4 is 10.1 Å². The molecule has 5 nitrogen and oxygen atoms in total. The van der Waals surface area contributed by atoms with Crippen molar-refractivity contribution >= 4 is 0 Å².